The van der Waals surface area contributed by atoms with Crippen LogP contribution in [0.1, 0.15) is 66.2 Å². The molecule has 1 heterocycles. The van der Waals surface area contributed by atoms with Crippen LogP contribution in [-0.2, 0) is 10.0 Å². The lowest BCUT2D eigenvalue weighted by Gasteiger charge is -2.22. The summed E-state index contributed by atoms with van der Waals surface area (Å²) in [7, 11) is -3.84. The molecule has 2 amide bonds. The number of amides is 2. The number of rotatable bonds is 4. The molecule has 0 bridgehead atoms. The number of sulfonamides is 1. The summed E-state index contributed by atoms with van der Waals surface area (Å²) in [6, 6.07) is 4.45. The summed E-state index contributed by atoms with van der Waals surface area (Å²) < 4.78 is 25.9. The van der Waals surface area contributed by atoms with Crippen LogP contribution in [0.25, 0.3) is 0 Å². The maximum atomic E-state index is 12.5. The van der Waals surface area contributed by atoms with E-state index in [-0.39, 0.29) is 34.5 Å². The smallest absolute Gasteiger partial charge is 0.269 e. The van der Waals surface area contributed by atoms with E-state index in [1.165, 1.54) is 24.6 Å². The second-order valence-corrected chi connectivity index (χ2v) is 8.23. The van der Waals surface area contributed by atoms with Crippen LogP contribution >= 0.6 is 0 Å². The fourth-order valence-corrected chi connectivity index (χ4v) is 5.04. The molecule has 6 nitrogen and oxygen atoms in total. The standard InChI is InChI=1S/C17H22N2O4S/c1-2-10-19-17(21)14-9-8-12(11-15(14)24(19,22)23)16(20)18-13-6-4-3-5-7-13/h8-9,11,13H,2-7,10H2,1H3,(H,18,20). The Morgan fingerprint density at radius 1 is 1.25 bits per heavy atom. The van der Waals surface area contributed by atoms with Crippen molar-refractivity contribution in [2.75, 3.05) is 6.54 Å². The third-order valence-corrected chi connectivity index (χ3v) is 6.46. The Morgan fingerprint density at radius 2 is 1.96 bits per heavy atom. The van der Waals surface area contributed by atoms with Crippen LogP contribution in [0, 0.1) is 0 Å². The molecule has 1 aliphatic heterocycles. The van der Waals surface area contributed by atoms with Gasteiger partial charge in [0.1, 0.15) is 4.90 Å². The van der Waals surface area contributed by atoms with E-state index < -0.39 is 15.9 Å². The largest absolute Gasteiger partial charge is 0.349 e. The molecule has 0 radical (unpaired) electrons. The minimum atomic E-state index is -3.84. The van der Waals surface area contributed by atoms with Gasteiger partial charge in [0.2, 0.25) is 0 Å². The topological polar surface area (TPSA) is 83.6 Å². The van der Waals surface area contributed by atoms with Gasteiger partial charge in [-0.1, -0.05) is 26.2 Å². The van der Waals surface area contributed by atoms with E-state index in [4.69, 9.17) is 0 Å². The van der Waals surface area contributed by atoms with Gasteiger partial charge in [0, 0.05) is 18.2 Å². The van der Waals surface area contributed by atoms with Gasteiger partial charge in [-0.2, -0.15) is 0 Å². The normalized spacial score (nSPS) is 20.0. The highest BCUT2D eigenvalue weighted by Crippen LogP contribution is 2.31. The fraction of sp³-hybridized carbons (Fsp3) is 0.529. The molecule has 0 spiro atoms. The van der Waals surface area contributed by atoms with Gasteiger partial charge < -0.3 is 5.32 Å². The molecule has 1 saturated carbocycles. The van der Waals surface area contributed by atoms with Crippen molar-refractivity contribution in [3.8, 4) is 0 Å². The van der Waals surface area contributed by atoms with Gasteiger partial charge in [0.15, 0.2) is 0 Å². The number of carbonyl (C=O) groups is 2. The van der Waals surface area contributed by atoms with E-state index in [0.717, 1.165) is 30.0 Å². The molecule has 130 valence electrons. The number of hydrogen-bond donors (Lipinski definition) is 1. The molecule has 0 aromatic heterocycles. The summed E-state index contributed by atoms with van der Waals surface area (Å²) in [6.45, 7) is 1.97. The van der Waals surface area contributed by atoms with E-state index in [2.05, 4.69) is 5.32 Å². The summed E-state index contributed by atoms with van der Waals surface area (Å²) in [5, 5.41) is 2.97. The number of fused-ring (bicyclic) bond motifs is 1. The predicted molar refractivity (Wildman–Crippen MR) is 89.3 cm³/mol. The quantitative estimate of drug-likeness (QED) is 0.903. The SMILES string of the molecule is CCCN1C(=O)c2ccc(C(=O)NC3CCCCC3)cc2S1(=O)=O. The number of nitrogens with one attached hydrogen (secondary N) is 1. The molecule has 24 heavy (non-hydrogen) atoms. The molecule has 1 N–H and O–H groups in total. The molecule has 1 aliphatic carbocycles. The Morgan fingerprint density at radius 3 is 2.62 bits per heavy atom. The van der Waals surface area contributed by atoms with Gasteiger partial charge >= 0.3 is 0 Å². The van der Waals surface area contributed by atoms with Gasteiger partial charge in [0.25, 0.3) is 21.8 Å². The van der Waals surface area contributed by atoms with Crippen molar-refractivity contribution < 1.29 is 18.0 Å². The third-order valence-electron chi connectivity index (χ3n) is 4.64. The first kappa shape index (κ1) is 17.0. The highest BCUT2D eigenvalue weighted by atomic mass is 32.2. The Kier molecular flexibility index (Phi) is 4.62. The number of nitrogens with zero attached hydrogens (tertiary/aromatic N) is 1. The van der Waals surface area contributed by atoms with Crippen LogP contribution < -0.4 is 5.32 Å². The van der Waals surface area contributed by atoms with Crippen LogP contribution in [0.5, 0.6) is 0 Å². The minimum absolute atomic E-state index is 0.0581. The molecular weight excluding hydrogens is 328 g/mol. The summed E-state index contributed by atoms with van der Waals surface area (Å²) in [4.78, 5) is 24.6. The van der Waals surface area contributed by atoms with Crippen LogP contribution in [0.15, 0.2) is 23.1 Å². The number of carbonyl (C=O) groups excluding carboxylic acids is 2. The molecule has 1 fully saturated rings. The summed E-state index contributed by atoms with van der Waals surface area (Å²) in [5.74, 6) is -0.785. The molecule has 1 aromatic rings. The maximum Gasteiger partial charge on any atom is 0.269 e. The zero-order valence-corrected chi connectivity index (χ0v) is 14.6. The summed E-state index contributed by atoms with van der Waals surface area (Å²) >= 11 is 0. The van der Waals surface area contributed by atoms with E-state index in [1.54, 1.807) is 0 Å². The zero-order chi connectivity index (χ0) is 17.3. The van der Waals surface area contributed by atoms with E-state index >= 15 is 0 Å². The highest BCUT2D eigenvalue weighted by Gasteiger charge is 2.41. The minimum Gasteiger partial charge on any atom is -0.349 e. The van der Waals surface area contributed by atoms with Gasteiger partial charge in [-0.25, -0.2) is 12.7 Å². The molecule has 7 heteroatoms. The van der Waals surface area contributed by atoms with Crippen molar-refractivity contribution >= 4 is 21.8 Å². The summed E-state index contributed by atoms with van der Waals surface area (Å²) in [6.07, 6.45) is 5.86. The van der Waals surface area contributed by atoms with Crippen LogP contribution in [0.4, 0.5) is 0 Å². The van der Waals surface area contributed by atoms with Gasteiger partial charge in [-0.3, -0.25) is 9.59 Å². The Labute approximate surface area is 142 Å². The Balaban J connectivity index is 1.86. The third kappa shape index (κ3) is 2.92. The Hall–Kier alpha value is -1.89. The van der Waals surface area contributed by atoms with Crippen molar-refractivity contribution in [1.82, 2.24) is 9.62 Å². The predicted octanol–water partition coefficient (Wildman–Crippen LogP) is 2.30. The molecule has 0 atom stereocenters. The molecule has 0 saturated heterocycles. The van der Waals surface area contributed by atoms with Gasteiger partial charge in [-0.05, 0) is 37.5 Å². The molecular formula is C17H22N2O4S. The second kappa shape index (κ2) is 6.55. The Bertz CT molecular complexity index is 767. The average molecular weight is 350 g/mol. The van der Waals surface area contributed by atoms with Gasteiger partial charge in [0.05, 0.1) is 5.56 Å². The van der Waals surface area contributed by atoms with Crippen molar-refractivity contribution in [2.24, 2.45) is 0 Å². The lowest BCUT2D eigenvalue weighted by atomic mass is 9.95. The first-order valence-corrected chi connectivity index (χ1v) is 9.91. The first-order valence-electron chi connectivity index (χ1n) is 8.47. The zero-order valence-electron chi connectivity index (χ0n) is 13.7. The first-order chi connectivity index (χ1) is 11.4. The highest BCUT2D eigenvalue weighted by molar-refractivity contribution is 7.90. The number of hydrogen-bond acceptors (Lipinski definition) is 4. The van der Waals surface area contributed by atoms with E-state index in [0.29, 0.717) is 6.42 Å². The van der Waals surface area contributed by atoms with Crippen molar-refractivity contribution in [1.29, 1.82) is 0 Å². The van der Waals surface area contributed by atoms with Crippen LogP contribution in [-0.4, -0.2) is 37.1 Å². The molecule has 2 aliphatic rings. The number of benzene rings is 1. The molecule has 1 aromatic carbocycles. The molecule has 3 rings (SSSR count). The lowest BCUT2D eigenvalue weighted by molar-refractivity contribution is 0.0869. The lowest BCUT2D eigenvalue weighted by Crippen LogP contribution is -2.36. The van der Waals surface area contributed by atoms with Crippen molar-refractivity contribution in [2.45, 2.75) is 56.4 Å². The van der Waals surface area contributed by atoms with Gasteiger partial charge in [-0.15, -0.1) is 0 Å². The monoisotopic (exact) mass is 350 g/mol. The van der Waals surface area contributed by atoms with E-state index in [1.807, 2.05) is 6.92 Å². The molecule has 0 unspecified atom stereocenters. The average Bonchev–Trinajstić information content (AvgIpc) is 2.77. The second-order valence-electron chi connectivity index (χ2n) is 6.40. The van der Waals surface area contributed by atoms with E-state index in [9.17, 15) is 18.0 Å². The van der Waals surface area contributed by atoms with Crippen LogP contribution in [0.3, 0.4) is 0 Å². The summed E-state index contributed by atoms with van der Waals surface area (Å²) in [5.41, 5.74) is 0.437. The van der Waals surface area contributed by atoms with Crippen LogP contribution in [0.2, 0.25) is 0 Å². The maximum absolute atomic E-state index is 12.5. The van der Waals surface area contributed by atoms with Crippen molar-refractivity contribution in [3.05, 3.63) is 29.3 Å². The fourth-order valence-electron chi connectivity index (χ4n) is 3.36. The van der Waals surface area contributed by atoms with Crippen molar-refractivity contribution in [3.63, 3.8) is 0 Å².